The molecule has 2 aromatic rings. The minimum Gasteiger partial charge on any atom is -0.337 e. The van der Waals surface area contributed by atoms with Crippen LogP contribution in [0.4, 0.5) is 0 Å². The second-order valence-corrected chi connectivity index (χ2v) is 5.99. The molecule has 0 radical (unpaired) electrons. The number of amides is 1. The molecule has 0 fully saturated rings. The standard InChI is InChI=1S/C17H27N5O/c1-8-21-13(5)15(11(3)18-21)10-20(7)17(23)16-12(4)19-22(9-2)14(16)6/h8-10H2,1-7H3. The zero-order valence-electron chi connectivity index (χ0n) is 15.3. The molecular weight excluding hydrogens is 290 g/mol. The van der Waals surface area contributed by atoms with Gasteiger partial charge in [0.05, 0.1) is 17.0 Å². The molecule has 0 aromatic carbocycles. The summed E-state index contributed by atoms with van der Waals surface area (Å²) in [6.07, 6.45) is 0. The van der Waals surface area contributed by atoms with Crippen molar-refractivity contribution >= 4 is 5.91 Å². The molecule has 0 saturated carbocycles. The number of hydrogen-bond acceptors (Lipinski definition) is 3. The van der Waals surface area contributed by atoms with Crippen LogP contribution >= 0.6 is 0 Å². The van der Waals surface area contributed by atoms with Gasteiger partial charge in [-0.15, -0.1) is 0 Å². The SMILES string of the molecule is CCn1nc(C)c(CN(C)C(=O)c2c(C)nn(CC)c2C)c1C. The zero-order valence-corrected chi connectivity index (χ0v) is 15.3. The largest absolute Gasteiger partial charge is 0.337 e. The maximum absolute atomic E-state index is 12.9. The summed E-state index contributed by atoms with van der Waals surface area (Å²) >= 11 is 0. The van der Waals surface area contributed by atoms with Crippen LogP contribution in [0.2, 0.25) is 0 Å². The first-order valence-corrected chi connectivity index (χ1v) is 8.14. The van der Waals surface area contributed by atoms with Crippen molar-refractivity contribution in [2.45, 2.75) is 61.2 Å². The first kappa shape index (κ1) is 17.2. The van der Waals surface area contributed by atoms with Crippen molar-refractivity contribution in [3.05, 3.63) is 33.9 Å². The van der Waals surface area contributed by atoms with E-state index in [-0.39, 0.29) is 5.91 Å². The van der Waals surface area contributed by atoms with Crippen LogP contribution in [0.15, 0.2) is 0 Å². The molecule has 6 nitrogen and oxygen atoms in total. The minimum atomic E-state index is 0.0164. The maximum atomic E-state index is 12.9. The average molecular weight is 317 g/mol. The van der Waals surface area contributed by atoms with Gasteiger partial charge in [-0.3, -0.25) is 14.2 Å². The molecule has 0 unspecified atom stereocenters. The van der Waals surface area contributed by atoms with Gasteiger partial charge in [0.15, 0.2) is 0 Å². The Bertz CT molecular complexity index is 726. The van der Waals surface area contributed by atoms with E-state index in [2.05, 4.69) is 24.0 Å². The quantitative estimate of drug-likeness (QED) is 0.852. The molecule has 2 aromatic heterocycles. The van der Waals surface area contributed by atoms with E-state index < -0.39 is 0 Å². The highest BCUT2D eigenvalue weighted by molar-refractivity contribution is 5.96. The lowest BCUT2D eigenvalue weighted by molar-refractivity contribution is 0.0783. The first-order valence-electron chi connectivity index (χ1n) is 8.14. The van der Waals surface area contributed by atoms with Gasteiger partial charge in [0.1, 0.15) is 0 Å². The molecule has 126 valence electrons. The number of aromatic nitrogens is 4. The minimum absolute atomic E-state index is 0.0164. The van der Waals surface area contributed by atoms with E-state index in [4.69, 9.17) is 0 Å². The molecule has 0 atom stereocenters. The van der Waals surface area contributed by atoms with E-state index in [9.17, 15) is 4.79 Å². The van der Waals surface area contributed by atoms with Gasteiger partial charge in [0.2, 0.25) is 0 Å². The van der Waals surface area contributed by atoms with Crippen LogP contribution in [0.3, 0.4) is 0 Å². The molecule has 0 aliphatic rings. The number of nitrogens with zero attached hydrogens (tertiary/aromatic N) is 5. The maximum Gasteiger partial charge on any atom is 0.257 e. The van der Waals surface area contributed by atoms with Crippen LogP contribution in [-0.2, 0) is 19.6 Å². The van der Waals surface area contributed by atoms with Crippen LogP contribution < -0.4 is 0 Å². The first-order chi connectivity index (χ1) is 10.8. The Morgan fingerprint density at radius 2 is 1.48 bits per heavy atom. The Morgan fingerprint density at radius 1 is 0.957 bits per heavy atom. The van der Waals surface area contributed by atoms with Crippen molar-refractivity contribution in [1.29, 1.82) is 0 Å². The molecule has 2 heterocycles. The monoisotopic (exact) mass is 317 g/mol. The van der Waals surface area contributed by atoms with Crippen molar-refractivity contribution in [3.8, 4) is 0 Å². The van der Waals surface area contributed by atoms with E-state index in [1.165, 1.54) is 0 Å². The Kier molecular flexibility index (Phi) is 4.92. The van der Waals surface area contributed by atoms with Gasteiger partial charge >= 0.3 is 0 Å². The zero-order chi connectivity index (χ0) is 17.3. The average Bonchev–Trinajstić information content (AvgIpc) is 2.96. The van der Waals surface area contributed by atoms with E-state index in [1.54, 1.807) is 4.90 Å². The van der Waals surface area contributed by atoms with Crippen molar-refractivity contribution < 1.29 is 4.79 Å². The van der Waals surface area contributed by atoms with Gasteiger partial charge < -0.3 is 4.90 Å². The van der Waals surface area contributed by atoms with E-state index >= 15 is 0 Å². The third kappa shape index (κ3) is 3.02. The Labute approximate surface area is 138 Å². The fraction of sp³-hybridized carbons (Fsp3) is 0.588. The normalized spacial score (nSPS) is 11.1. The lowest BCUT2D eigenvalue weighted by Gasteiger charge is -2.18. The number of carbonyl (C=O) groups is 1. The molecule has 0 aliphatic carbocycles. The summed E-state index contributed by atoms with van der Waals surface area (Å²) in [5, 5.41) is 8.97. The number of aryl methyl sites for hydroxylation is 4. The van der Waals surface area contributed by atoms with Crippen molar-refractivity contribution in [1.82, 2.24) is 24.5 Å². The lowest BCUT2D eigenvalue weighted by atomic mass is 10.1. The van der Waals surface area contributed by atoms with Crippen molar-refractivity contribution in [3.63, 3.8) is 0 Å². The van der Waals surface area contributed by atoms with E-state index in [0.29, 0.717) is 12.1 Å². The van der Waals surface area contributed by atoms with Crippen LogP contribution in [0.1, 0.15) is 52.5 Å². The second-order valence-electron chi connectivity index (χ2n) is 5.99. The Morgan fingerprint density at radius 3 is 1.96 bits per heavy atom. The molecule has 0 bridgehead atoms. The fourth-order valence-corrected chi connectivity index (χ4v) is 3.08. The second kappa shape index (κ2) is 6.56. The summed E-state index contributed by atoms with van der Waals surface area (Å²) in [6, 6.07) is 0. The molecule has 6 heteroatoms. The van der Waals surface area contributed by atoms with E-state index in [1.807, 2.05) is 44.1 Å². The predicted octanol–water partition coefficient (Wildman–Crippen LogP) is 2.63. The molecule has 23 heavy (non-hydrogen) atoms. The Balaban J connectivity index is 2.28. The van der Waals surface area contributed by atoms with Crippen LogP contribution in [0.25, 0.3) is 0 Å². The number of rotatable bonds is 5. The van der Waals surface area contributed by atoms with Gasteiger partial charge in [-0.1, -0.05) is 0 Å². The van der Waals surface area contributed by atoms with Gasteiger partial charge in [0.25, 0.3) is 5.91 Å². The van der Waals surface area contributed by atoms with Crippen molar-refractivity contribution in [2.75, 3.05) is 7.05 Å². The summed E-state index contributed by atoms with van der Waals surface area (Å²) < 4.78 is 3.86. The molecule has 2 rings (SSSR count). The molecule has 0 N–H and O–H groups in total. The van der Waals surface area contributed by atoms with Gasteiger partial charge in [0, 0.05) is 43.6 Å². The number of carbonyl (C=O) groups excluding carboxylic acids is 1. The summed E-state index contributed by atoms with van der Waals surface area (Å²) in [5.41, 5.74) is 5.68. The lowest BCUT2D eigenvalue weighted by Crippen LogP contribution is -2.27. The summed E-state index contributed by atoms with van der Waals surface area (Å²) in [5.74, 6) is 0.0164. The molecular formula is C17H27N5O. The molecule has 0 saturated heterocycles. The highest BCUT2D eigenvalue weighted by Gasteiger charge is 2.23. The van der Waals surface area contributed by atoms with Crippen LogP contribution in [0.5, 0.6) is 0 Å². The summed E-state index contributed by atoms with van der Waals surface area (Å²) in [6.45, 7) is 14.2. The van der Waals surface area contributed by atoms with E-state index in [0.717, 1.165) is 41.4 Å². The topological polar surface area (TPSA) is 56.0 Å². The van der Waals surface area contributed by atoms with Crippen LogP contribution in [0, 0.1) is 27.7 Å². The summed E-state index contributed by atoms with van der Waals surface area (Å²) in [7, 11) is 1.84. The molecule has 0 spiro atoms. The van der Waals surface area contributed by atoms with Crippen molar-refractivity contribution in [2.24, 2.45) is 0 Å². The number of hydrogen-bond donors (Lipinski definition) is 0. The molecule has 0 aliphatic heterocycles. The highest BCUT2D eigenvalue weighted by Crippen LogP contribution is 2.19. The smallest absolute Gasteiger partial charge is 0.257 e. The van der Waals surface area contributed by atoms with Gasteiger partial charge in [-0.2, -0.15) is 10.2 Å². The van der Waals surface area contributed by atoms with Gasteiger partial charge in [-0.25, -0.2) is 0 Å². The fourth-order valence-electron chi connectivity index (χ4n) is 3.08. The summed E-state index contributed by atoms with van der Waals surface area (Å²) in [4.78, 5) is 14.6. The third-order valence-corrected chi connectivity index (χ3v) is 4.47. The molecule has 1 amide bonds. The van der Waals surface area contributed by atoms with Crippen LogP contribution in [-0.4, -0.2) is 37.4 Å². The third-order valence-electron chi connectivity index (χ3n) is 4.47. The predicted molar refractivity (Wildman–Crippen MR) is 90.5 cm³/mol. The highest BCUT2D eigenvalue weighted by atomic mass is 16.2. The Hall–Kier alpha value is -2.11. The van der Waals surface area contributed by atoms with Gasteiger partial charge in [-0.05, 0) is 41.5 Å².